The lowest BCUT2D eigenvalue weighted by atomic mass is 9.73. The van der Waals surface area contributed by atoms with E-state index in [1.165, 1.54) is 7.11 Å². The number of rotatable bonds is 3. The molecule has 0 bridgehead atoms. The summed E-state index contributed by atoms with van der Waals surface area (Å²) in [5.74, 6) is -0.353. The second-order valence-electron chi connectivity index (χ2n) is 4.51. The molecule has 0 radical (unpaired) electrons. The van der Waals surface area contributed by atoms with Gasteiger partial charge in [-0.2, -0.15) is 0 Å². The first-order valence-electron chi connectivity index (χ1n) is 5.60. The predicted octanol–water partition coefficient (Wildman–Crippen LogP) is 2.21. The Hall–Kier alpha value is -1.09. The van der Waals surface area contributed by atoms with Gasteiger partial charge in [-0.3, -0.25) is 4.79 Å². The number of carbonyl (C=O) groups is 1. The van der Waals surface area contributed by atoms with Crippen molar-refractivity contribution in [2.45, 2.75) is 39.2 Å². The van der Waals surface area contributed by atoms with Crippen LogP contribution in [0, 0.1) is 5.41 Å². The maximum Gasteiger partial charge on any atom is 0.318 e. The Balaban J connectivity index is 3.00. The van der Waals surface area contributed by atoms with E-state index in [9.17, 15) is 9.90 Å². The highest BCUT2D eigenvalue weighted by atomic mass is 16.5. The van der Waals surface area contributed by atoms with Crippen LogP contribution in [-0.2, 0) is 9.53 Å². The van der Waals surface area contributed by atoms with Crippen LogP contribution in [0.1, 0.15) is 33.1 Å². The molecule has 0 saturated carbocycles. The lowest BCUT2D eigenvalue weighted by molar-refractivity contribution is -0.156. The molecule has 0 unspecified atom stereocenters. The molecule has 3 heteroatoms. The molecule has 0 aromatic heterocycles. The summed E-state index contributed by atoms with van der Waals surface area (Å²) in [7, 11) is 1.36. The van der Waals surface area contributed by atoms with E-state index in [0.29, 0.717) is 12.8 Å². The molecule has 2 atom stereocenters. The van der Waals surface area contributed by atoms with Crippen LogP contribution in [0.2, 0.25) is 0 Å². The lowest BCUT2D eigenvalue weighted by Gasteiger charge is -2.34. The minimum atomic E-state index is -0.885. The van der Waals surface area contributed by atoms with Gasteiger partial charge in [-0.05, 0) is 33.1 Å². The summed E-state index contributed by atoms with van der Waals surface area (Å²) in [4.78, 5) is 11.8. The van der Waals surface area contributed by atoms with Crippen LogP contribution in [0.5, 0.6) is 0 Å². The van der Waals surface area contributed by atoms with Crippen molar-refractivity contribution in [3.63, 3.8) is 0 Å². The fraction of sp³-hybridized carbons (Fsp3) is 0.615. The summed E-state index contributed by atoms with van der Waals surface area (Å²) in [6, 6.07) is 0. The van der Waals surface area contributed by atoms with Gasteiger partial charge < -0.3 is 9.84 Å². The molecular weight excluding hydrogens is 204 g/mol. The van der Waals surface area contributed by atoms with Crippen LogP contribution < -0.4 is 0 Å². The molecule has 0 aromatic rings. The van der Waals surface area contributed by atoms with Crippen LogP contribution in [0.4, 0.5) is 0 Å². The standard InChI is InChI=1S/C13H20O3/c1-10(2)7-9-13(12(15)16-3)8-5-4-6-11(13)14/h5,7-8,11,14H,4,6,9H2,1-3H3/t11-,13-/m0/s1. The van der Waals surface area contributed by atoms with Crippen molar-refractivity contribution in [3.8, 4) is 0 Å². The van der Waals surface area contributed by atoms with E-state index in [1.54, 1.807) is 6.08 Å². The number of methoxy groups -OCH3 is 1. The first-order chi connectivity index (χ1) is 7.53. The molecule has 0 saturated heterocycles. The number of esters is 1. The minimum Gasteiger partial charge on any atom is -0.468 e. The van der Waals surface area contributed by atoms with Crippen molar-refractivity contribution >= 4 is 5.97 Å². The van der Waals surface area contributed by atoms with E-state index in [4.69, 9.17) is 4.74 Å². The van der Waals surface area contributed by atoms with Crippen molar-refractivity contribution < 1.29 is 14.6 Å². The van der Waals surface area contributed by atoms with Gasteiger partial charge in [-0.1, -0.05) is 23.8 Å². The van der Waals surface area contributed by atoms with E-state index in [1.807, 2.05) is 26.0 Å². The van der Waals surface area contributed by atoms with E-state index in [-0.39, 0.29) is 5.97 Å². The highest BCUT2D eigenvalue weighted by Crippen LogP contribution is 2.36. The number of aliphatic hydroxyl groups excluding tert-OH is 1. The normalized spacial score (nSPS) is 28.6. The number of hydrogen-bond acceptors (Lipinski definition) is 3. The average molecular weight is 224 g/mol. The van der Waals surface area contributed by atoms with Crippen LogP contribution in [-0.4, -0.2) is 24.3 Å². The number of hydrogen-bond donors (Lipinski definition) is 1. The van der Waals surface area contributed by atoms with E-state index < -0.39 is 11.5 Å². The zero-order chi connectivity index (χ0) is 12.2. The topological polar surface area (TPSA) is 46.5 Å². The Bertz CT molecular complexity index is 313. The third-order valence-electron chi connectivity index (χ3n) is 3.03. The smallest absolute Gasteiger partial charge is 0.318 e. The first kappa shape index (κ1) is 13.0. The quantitative estimate of drug-likeness (QED) is 0.590. The molecule has 1 N–H and O–H groups in total. The molecule has 0 aliphatic heterocycles. The SMILES string of the molecule is COC(=O)[C@]1(CC=C(C)C)C=CCC[C@@H]1O. The number of allylic oxidation sites excluding steroid dienone is 3. The van der Waals surface area contributed by atoms with Gasteiger partial charge in [0, 0.05) is 0 Å². The minimum absolute atomic E-state index is 0.353. The van der Waals surface area contributed by atoms with Crippen LogP contribution in [0.15, 0.2) is 23.8 Å². The number of carbonyl (C=O) groups excluding carboxylic acids is 1. The van der Waals surface area contributed by atoms with Gasteiger partial charge in [0.05, 0.1) is 13.2 Å². The van der Waals surface area contributed by atoms with E-state index in [0.717, 1.165) is 12.0 Å². The average Bonchev–Trinajstić information content (AvgIpc) is 2.27. The first-order valence-corrected chi connectivity index (χ1v) is 5.60. The summed E-state index contributed by atoms with van der Waals surface area (Å²) in [5.41, 5.74) is 0.249. The molecule has 0 aromatic carbocycles. The monoisotopic (exact) mass is 224 g/mol. The Morgan fingerprint density at radius 3 is 2.81 bits per heavy atom. The van der Waals surface area contributed by atoms with Crippen molar-refractivity contribution in [1.82, 2.24) is 0 Å². The second-order valence-corrected chi connectivity index (χ2v) is 4.51. The predicted molar refractivity (Wildman–Crippen MR) is 62.9 cm³/mol. The Morgan fingerprint density at radius 2 is 2.31 bits per heavy atom. The second kappa shape index (κ2) is 5.30. The summed E-state index contributed by atoms with van der Waals surface area (Å²) in [6.45, 7) is 3.95. The largest absolute Gasteiger partial charge is 0.468 e. The number of ether oxygens (including phenoxy) is 1. The lowest BCUT2D eigenvalue weighted by Crippen LogP contribution is -2.43. The molecular formula is C13H20O3. The summed E-state index contributed by atoms with van der Waals surface area (Å²) >= 11 is 0. The van der Waals surface area contributed by atoms with Gasteiger partial charge in [0.25, 0.3) is 0 Å². The summed E-state index contributed by atoms with van der Waals surface area (Å²) in [6.07, 6.45) is 6.99. The number of aliphatic hydroxyl groups is 1. The highest BCUT2D eigenvalue weighted by Gasteiger charge is 2.44. The Morgan fingerprint density at radius 1 is 1.62 bits per heavy atom. The fourth-order valence-electron chi connectivity index (χ4n) is 1.97. The van der Waals surface area contributed by atoms with Gasteiger partial charge in [0.15, 0.2) is 0 Å². The summed E-state index contributed by atoms with van der Waals surface area (Å²) < 4.78 is 4.82. The molecule has 1 rings (SSSR count). The molecule has 90 valence electrons. The maximum absolute atomic E-state index is 11.8. The molecule has 3 nitrogen and oxygen atoms in total. The molecule has 0 amide bonds. The molecule has 0 heterocycles. The Labute approximate surface area is 96.8 Å². The molecule has 1 aliphatic carbocycles. The van der Waals surface area contributed by atoms with Crippen LogP contribution in [0.25, 0.3) is 0 Å². The molecule has 0 spiro atoms. The third kappa shape index (κ3) is 2.53. The van der Waals surface area contributed by atoms with E-state index in [2.05, 4.69) is 0 Å². The van der Waals surface area contributed by atoms with Crippen LogP contribution in [0.3, 0.4) is 0 Å². The van der Waals surface area contributed by atoms with Gasteiger partial charge in [0.2, 0.25) is 0 Å². The third-order valence-corrected chi connectivity index (χ3v) is 3.03. The molecule has 16 heavy (non-hydrogen) atoms. The van der Waals surface area contributed by atoms with Gasteiger partial charge in [-0.25, -0.2) is 0 Å². The van der Waals surface area contributed by atoms with Gasteiger partial charge >= 0.3 is 5.97 Å². The molecule has 1 aliphatic rings. The van der Waals surface area contributed by atoms with Crippen molar-refractivity contribution in [3.05, 3.63) is 23.8 Å². The van der Waals surface area contributed by atoms with Crippen molar-refractivity contribution in [2.24, 2.45) is 5.41 Å². The maximum atomic E-state index is 11.8. The fourth-order valence-corrected chi connectivity index (χ4v) is 1.97. The van der Waals surface area contributed by atoms with Gasteiger partial charge in [0.1, 0.15) is 5.41 Å². The Kier molecular flexibility index (Phi) is 4.30. The zero-order valence-corrected chi connectivity index (χ0v) is 10.2. The summed E-state index contributed by atoms with van der Waals surface area (Å²) in [5, 5.41) is 10.1. The highest BCUT2D eigenvalue weighted by molar-refractivity contribution is 5.80. The van der Waals surface area contributed by atoms with Crippen molar-refractivity contribution in [1.29, 1.82) is 0 Å². The zero-order valence-electron chi connectivity index (χ0n) is 10.2. The molecule has 0 fully saturated rings. The van der Waals surface area contributed by atoms with Crippen molar-refractivity contribution in [2.75, 3.05) is 7.11 Å². The van der Waals surface area contributed by atoms with Gasteiger partial charge in [-0.15, -0.1) is 0 Å². The van der Waals surface area contributed by atoms with E-state index >= 15 is 0 Å². The van der Waals surface area contributed by atoms with Crippen LogP contribution >= 0.6 is 0 Å².